The quantitative estimate of drug-likeness (QED) is 0.654. The van der Waals surface area contributed by atoms with E-state index < -0.39 is 0 Å². The Hall–Kier alpha value is -0.650. The van der Waals surface area contributed by atoms with Crippen LogP contribution in [-0.2, 0) is 14.3 Å². The smallest absolute Gasteiger partial charge is 0.263 e. The number of nitrogens with one attached hydrogen (secondary N) is 1. The number of ether oxygens (including phenoxy) is 2. The Morgan fingerprint density at radius 2 is 2.07 bits per heavy atom. The molecule has 0 bridgehead atoms. The van der Waals surface area contributed by atoms with Gasteiger partial charge in [0.15, 0.2) is 0 Å². The Balaban J connectivity index is 1.75. The number of nitrogens with zero attached hydrogens (tertiary/aromatic N) is 1. The summed E-state index contributed by atoms with van der Waals surface area (Å²) >= 11 is 0. The molecule has 2 saturated heterocycles. The molecule has 2 aliphatic heterocycles. The summed E-state index contributed by atoms with van der Waals surface area (Å²) in [6, 6.07) is 0. The van der Waals surface area contributed by atoms with Crippen LogP contribution in [0.15, 0.2) is 0 Å². The largest absolute Gasteiger partial charge is 0.379 e. The predicted molar refractivity (Wildman–Crippen MR) is 49.5 cm³/mol. The molecule has 14 heavy (non-hydrogen) atoms. The van der Waals surface area contributed by atoms with Crippen molar-refractivity contribution in [3.8, 4) is 0 Å². The predicted octanol–water partition coefficient (Wildman–Crippen LogP) is -0.471. The second kappa shape index (κ2) is 4.72. The Kier molecular flexibility index (Phi) is 3.34. The topological polar surface area (TPSA) is 50.8 Å². The van der Waals surface area contributed by atoms with Crippen molar-refractivity contribution in [2.75, 3.05) is 32.9 Å². The standard InChI is InChI=1S/C9H16N2O3/c12-9(8-2-1-5-14-8)10-11-3-6-13-7-4-11/h8H,1-7H2,(H,10,12). The number of amides is 1. The zero-order chi connectivity index (χ0) is 9.80. The number of hydrogen-bond acceptors (Lipinski definition) is 4. The van der Waals surface area contributed by atoms with Gasteiger partial charge in [0.2, 0.25) is 0 Å². The Bertz CT molecular complexity index is 198. The molecule has 2 fully saturated rings. The van der Waals surface area contributed by atoms with Crippen LogP contribution in [0.1, 0.15) is 12.8 Å². The van der Waals surface area contributed by atoms with Crippen LogP contribution in [0.25, 0.3) is 0 Å². The van der Waals surface area contributed by atoms with E-state index in [2.05, 4.69) is 5.43 Å². The highest BCUT2D eigenvalue weighted by Crippen LogP contribution is 2.11. The fourth-order valence-corrected chi connectivity index (χ4v) is 1.69. The van der Waals surface area contributed by atoms with Gasteiger partial charge in [-0.15, -0.1) is 0 Å². The fraction of sp³-hybridized carbons (Fsp3) is 0.889. The molecule has 1 atom stereocenters. The lowest BCUT2D eigenvalue weighted by Gasteiger charge is -2.27. The van der Waals surface area contributed by atoms with Gasteiger partial charge in [-0.3, -0.25) is 10.2 Å². The summed E-state index contributed by atoms with van der Waals surface area (Å²) in [5.41, 5.74) is 2.85. The van der Waals surface area contributed by atoms with Crippen LogP contribution >= 0.6 is 0 Å². The third-order valence-corrected chi connectivity index (χ3v) is 2.50. The Morgan fingerprint density at radius 3 is 2.71 bits per heavy atom. The minimum Gasteiger partial charge on any atom is -0.379 e. The molecule has 1 N–H and O–H groups in total. The van der Waals surface area contributed by atoms with E-state index >= 15 is 0 Å². The van der Waals surface area contributed by atoms with Crippen LogP contribution in [0.2, 0.25) is 0 Å². The van der Waals surface area contributed by atoms with Crippen molar-refractivity contribution in [1.82, 2.24) is 10.4 Å². The number of carbonyl (C=O) groups is 1. The lowest BCUT2D eigenvalue weighted by Crippen LogP contribution is -2.51. The van der Waals surface area contributed by atoms with Gasteiger partial charge in [-0.25, -0.2) is 5.01 Å². The highest BCUT2D eigenvalue weighted by Gasteiger charge is 2.25. The molecule has 5 nitrogen and oxygen atoms in total. The normalized spacial score (nSPS) is 29.0. The monoisotopic (exact) mass is 200 g/mol. The molecule has 0 aromatic carbocycles. The Labute approximate surface area is 83.3 Å². The van der Waals surface area contributed by atoms with Gasteiger partial charge in [-0.2, -0.15) is 0 Å². The average Bonchev–Trinajstić information content (AvgIpc) is 2.72. The van der Waals surface area contributed by atoms with Crippen LogP contribution in [-0.4, -0.2) is 49.9 Å². The molecule has 5 heteroatoms. The zero-order valence-electron chi connectivity index (χ0n) is 8.20. The second-order valence-electron chi connectivity index (χ2n) is 3.58. The van der Waals surface area contributed by atoms with Crippen molar-refractivity contribution in [2.24, 2.45) is 0 Å². The van der Waals surface area contributed by atoms with Crippen LogP contribution in [0, 0.1) is 0 Å². The van der Waals surface area contributed by atoms with Gasteiger partial charge in [0.25, 0.3) is 5.91 Å². The summed E-state index contributed by atoms with van der Waals surface area (Å²) in [5, 5.41) is 1.90. The van der Waals surface area contributed by atoms with Crippen molar-refractivity contribution in [1.29, 1.82) is 0 Å². The second-order valence-corrected chi connectivity index (χ2v) is 3.58. The van der Waals surface area contributed by atoms with Crippen LogP contribution < -0.4 is 5.43 Å². The maximum Gasteiger partial charge on any atom is 0.263 e. The van der Waals surface area contributed by atoms with E-state index in [4.69, 9.17) is 9.47 Å². The van der Waals surface area contributed by atoms with Gasteiger partial charge >= 0.3 is 0 Å². The minimum absolute atomic E-state index is 0.00981. The third kappa shape index (κ3) is 2.43. The van der Waals surface area contributed by atoms with E-state index in [1.54, 1.807) is 0 Å². The van der Waals surface area contributed by atoms with Gasteiger partial charge in [0.1, 0.15) is 6.10 Å². The highest BCUT2D eigenvalue weighted by molar-refractivity contribution is 5.80. The van der Waals surface area contributed by atoms with Crippen molar-refractivity contribution in [2.45, 2.75) is 18.9 Å². The van der Waals surface area contributed by atoms with Gasteiger partial charge < -0.3 is 9.47 Å². The SMILES string of the molecule is O=C(NN1CCOCC1)C1CCCO1. The number of hydrazine groups is 1. The van der Waals surface area contributed by atoms with E-state index in [9.17, 15) is 4.79 Å². The first-order chi connectivity index (χ1) is 6.86. The van der Waals surface area contributed by atoms with E-state index in [0.717, 1.165) is 25.9 Å². The van der Waals surface area contributed by atoms with Crippen LogP contribution in [0.5, 0.6) is 0 Å². The van der Waals surface area contributed by atoms with Crippen molar-refractivity contribution >= 4 is 5.91 Å². The first-order valence-corrected chi connectivity index (χ1v) is 5.11. The van der Waals surface area contributed by atoms with Crippen molar-refractivity contribution in [3.05, 3.63) is 0 Å². The van der Waals surface area contributed by atoms with Gasteiger partial charge in [0, 0.05) is 19.7 Å². The highest BCUT2D eigenvalue weighted by atomic mass is 16.5. The zero-order valence-corrected chi connectivity index (χ0v) is 8.20. The lowest BCUT2D eigenvalue weighted by atomic mass is 10.2. The van der Waals surface area contributed by atoms with Crippen molar-refractivity contribution < 1.29 is 14.3 Å². The molecule has 0 aromatic heterocycles. The molecule has 0 saturated carbocycles. The molecular formula is C9H16N2O3. The van der Waals surface area contributed by atoms with E-state index in [1.165, 1.54) is 0 Å². The molecule has 1 unspecified atom stereocenters. The molecule has 80 valence electrons. The maximum atomic E-state index is 11.6. The van der Waals surface area contributed by atoms with Gasteiger partial charge in [-0.05, 0) is 12.8 Å². The first kappa shape index (κ1) is 9.89. The molecule has 0 aromatic rings. The van der Waals surface area contributed by atoms with Crippen molar-refractivity contribution in [3.63, 3.8) is 0 Å². The molecule has 1 amide bonds. The molecule has 0 aliphatic carbocycles. The summed E-state index contributed by atoms with van der Waals surface area (Å²) in [4.78, 5) is 11.6. The van der Waals surface area contributed by atoms with E-state index in [1.807, 2.05) is 5.01 Å². The molecule has 0 radical (unpaired) electrons. The van der Waals surface area contributed by atoms with Crippen LogP contribution in [0.4, 0.5) is 0 Å². The van der Waals surface area contributed by atoms with Gasteiger partial charge in [0.05, 0.1) is 13.2 Å². The average molecular weight is 200 g/mol. The maximum absolute atomic E-state index is 11.6. The van der Waals surface area contributed by atoms with E-state index in [-0.39, 0.29) is 12.0 Å². The number of morpholine rings is 1. The number of hydrogen-bond donors (Lipinski definition) is 1. The van der Waals surface area contributed by atoms with E-state index in [0.29, 0.717) is 19.8 Å². The molecule has 0 spiro atoms. The first-order valence-electron chi connectivity index (χ1n) is 5.11. The summed E-state index contributed by atoms with van der Waals surface area (Å²) < 4.78 is 10.5. The number of carbonyl (C=O) groups excluding carboxylic acids is 1. The summed E-state index contributed by atoms with van der Waals surface area (Å²) in [6.45, 7) is 3.61. The summed E-state index contributed by atoms with van der Waals surface area (Å²) in [5.74, 6) is -0.00981. The lowest BCUT2D eigenvalue weighted by molar-refractivity contribution is -0.137. The number of rotatable bonds is 2. The molecule has 2 rings (SSSR count). The Morgan fingerprint density at radius 1 is 1.29 bits per heavy atom. The molecule has 2 heterocycles. The molecule has 2 aliphatic rings. The van der Waals surface area contributed by atoms with Gasteiger partial charge in [-0.1, -0.05) is 0 Å². The fourth-order valence-electron chi connectivity index (χ4n) is 1.69. The van der Waals surface area contributed by atoms with Crippen LogP contribution in [0.3, 0.4) is 0 Å². The summed E-state index contributed by atoms with van der Waals surface area (Å²) in [6.07, 6.45) is 1.59. The minimum atomic E-state index is -0.238. The molecular weight excluding hydrogens is 184 g/mol. The third-order valence-electron chi connectivity index (χ3n) is 2.50. The summed E-state index contributed by atoms with van der Waals surface area (Å²) in [7, 11) is 0.